The van der Waals surface area contributed by atoms with Crippen molar-refractivity contribution >= 4 is 203 Å². The number of amides is 5. The first-order valence-electron chi connectivity index (χ1n) is 42.1. The number of rotatable bonds is 16. The third kappa shape index (κ3) is 23.6. The van der Waals surface area contributed by atoms with Gasteiger partial charge >= 0.3 is 0 Å². The number of halogens is 12. The zero-order chi connectivity index (χ0) is 93.0. The Bertz CT molecular complexity index is 6200. The molecule has 132 heavy (non-hydrogen) atoms. The molecule has 18 rings (SSSR count). The Kier molecular flexibility index (Phi) is 32.1. The molecule has 5 atom stereocenters. The smallest absolute Gasteiger partial charge is 0.267 e. The number of carbonyl (C=O) groups excluding carboxylic acids is 6. The molecule has 0 aliphatic carbocycles. The topological polar surface area (TPSA) is 198 Å². The van der Waals surface area contributed by atoms with Crippen molar-refractivity contribution in [2.24, 2.45) is 0 Å². The molecule has 0 spiro atoms. The number of nitrogens with zero attached hydrogens (tertiary/aromatic N) is 8. The van der Waals surface area contributed by atoms with Gasteiger partial charge in [0.2, 0.25) is 24.7 Å². The minimum atomic E-state index is -0.684. The zero-order valence-corrected chi connectivity index (χ0v) is 79.7. The number of Topliss-reactive ketones (excluding diaryl/α,β-unsaturated/α-hetero) is 1. The van der Waals surface area contributed by atoms with E-state index in [9.17, 15) is 28.8 Å². The first-order valence-corrected chi connectivity index (χ1v) is 46.6. The van der Waals surface area contributed by atoms with E-state index in [0.717, 1.165) is 50.6 Å². The molecule has 0 saturated carbocycles. The van der Waals surface area contributed by atoms with E-state index in [4.69, 9.17) is 163 Å². The minimum absolute atomic E-state index is 0.0645. The van der Waals surface area contributed by atoms with E-state index in [0.29, 0.717) is 191 Å². The van der Waals surface area contributed by atoms with Crippen LogP contribution < -0.4 is 43.9 Å². The summed E-state index contributed by atoms with van der Waals surface area (Å²) in [6, 6.07) is 78.3. The highest BCUT2D eigenvalue weighted by atomic mass is 35.5. The largest absolute Gasteiger partial charge is 0.485 e. The summed E-state index contributed by atoms with van der Waals surface area (Å²) in [5, 5.41) is 19.0. The Morgan fingerprint density at radius 2 is 0.720 bits per heavy atom. The summed E-state index contributed by atoms with van der Waals surface area (Å²) in [5.41, 5.74) is 10.4. The zero-order valence-electron chi connectivity index (χ0n) is 70.7. The molecule has 2 N–H and O–H groups in total. The van der Waals surface area contributed by atoms with E-state index in [1.807, 2.05) is 197 Å². The molecular formula is C100H85Cl12N9O11. The van der Waals surface area contributed by atoms with Crippen LogP contribution in [0.5, 0.6) is 23.0 Å². The van der Waals surface area contributed by atoms with Gasteiger partial charge in [-0.15, -0.1) is 0 Å². The molecule has 6 aliphatic rings. The van der Waals surface area contributed by atoms with Gasteiger partial charge in [0.05, 0.1) is 73.4 Å². The molecule has 6 aliphatic heterocycles. The maximum atomic E-state index is 13.4. The average molecular weight is 2010 g/mol. The number of ketones is 1. The number of fused-ring (bicyclic) bond motifs is 2. The number of hydrogen-bond donors (Lipinski definition) is 2. The predicted molar refractivity (Wildman–Crippen MR) is 528 cm³/mol. The lowest BCUT2D eigenvalue weighted by atomic mass is 10.00. The minimum Gasteiger partial charge on any atom is -0.485 e. The standard InChI is InChI=1S/C25H22Cl3N3O2.3C25H21Cl3N2O3/c1-16(32)29-21-9-4-18(5-10-21)25(33)30-12-13-31(23-11-8-20(27)14-22(23)28)24(15-30)17-2-6-19(26)7-3-17;26-18-4-2-17(3-5-18)22-14-29(9-10-30(22)21-7-6-19(27)13-20(21)28)25(31)12-16-1-8-23-24(11-16)33-15-32-23;26-17-7-5-16(6-8-17)21-14-29(11-12-30(21)20-10-9-18(27)13-19(20)28)25(31)24-15-32-22-3-1-2-4-23(22)33-24;26-19-6-4-16(5-7-19)23-14-29(10-11-30(23)22-9-8-20(27)13-21(22)28)25(33)18-3-1-2-17(12-18)24(32)15-31/h2-11,14,24H,12-13,15H2,1H3,(H,29,32);1-8,11,13,22H,9-10,12,14-15H2;1-10,13,21,24H,11-12,14-15H2;1-9,12-13,23,31H,10-11,14-15H2. The number of aliphatic hydroxyl groups excluding tert-OH is 1. The lowest BCUT2D eigenvalue weighted by molar-refractivity contribution is -0.142. The van der Waals surface area contributed by atoms with Gasteiger partial charge in [0.25, 0.3) is 17.7 Å². The van der Waals surface area contributed by atoms with Crippen LogP contribution in [0.2, 0.25) is 60.3 Å². The van der Waals surface area contributed by atoms with Gasteiger partial charge in [0, 0.05) is 148 Å². The fourth-order valence-electron chi connectivity index (χ4n) is 16.7. The predicted octanol–water partition coefficient (Wildman–Crippen LogP) is 23.7. The van der Waals surface area contributed by atoms with Crippen molar-refractivity contribution in [2.75, 3.05) is 123 Å². The van der Waals surface area contributed by atoms with Crippen molar-refractivity contribution in [2.45, 2.75) is 43.6 Å². The Balaban J connectivity index is 0.000000135. The highest BCUT2D eigenvalue weighted by Crippen LogP contribution is 2.44. The van der Waals surface area contributed by atoms with Crippen molar-refractivity contribution < 1.29 is 52.8 Å². The second-order valence-corrected chi connectivity index (χ2v) is 36.8. The number of ether oxygens (including phenoxy) is 4. The molecule has 680 valence electrons. The van der Waals surface area contributed by atoms with Crippen molar-refractivity contribution in [3.8, 4) is 23.0 Å². The third-order valence-electron chi connectivity index (χ3n) is 23.3. The van der Waals surface area contributed by atoms with E-state index in [-0.39, 0.29) is 67.1 Å². The summed E-state index contributed by atoms with van der Waals surface area (Å²) in [6.07, 6.45) is -0.387. The van der Waals surface area contributed by atoms with Crippen LogP contribution in [0.25, 0.3) is 0 Å². The number of benzene rings is 12. The number of carbonyl (C=O) groups is 6. The third-order valence-corrected chi connectivity index (χ3v) is 26.4. The number of nitrogens with one attached hydrogen (secondary N) is 1. The summed E-state index contributed by atoms with van der Waals surface area (Å²) in [4.78, 5) is 92.5. The highest BCUT2D eigenvalue weighted by Gasteiger charge is 2.40. The van der Waals surface area contributed by atoms with Crippen molar-refractivity contribution in [1.82, 2.24) is 19.6 Å². The van der Waals surface area contributed by atoms with E-state index in [2.05, 4.69) is 24.9 Å². The molecule has 20 nitrogen and oxygen atoms in total. The molecule has 4 fully saturated rings. The fraction of sp³-hybridized carbons (Fsp3) is 0.220. The second kappa shape index (κ2) is 44.1. The molecule has 4 saturated heterocycles. The lowest BCUT2D eigenvalue weighted by Crippen LogP contribution is -2.55. The van der Waals surface area contributed by atoms with E-state index < -0.39 is 18.5 Å². The van der Waals surface area contributed by atoms with Gasteiger partial charge in [-0.3, -0.25) is 28.8 Å². The number of aliphatic hydroxyl groups is 1. The Morgan fingerprint density at radius 3 is 1.14 bits per heavy atom. The Hall–Kier alpha value is -10.5. The first-order chi connectivity index (χ1) is 63.6. The van der Waals surface area contributed by atoms with Gasteiger partial charge in [0.15, 0.2) is 28.8 Å². The second-order valence-electron chi connectivity index (χ2n) is 31.7. The Morgan fingerprint density at radius 1 is 0.348 bits per heavy atom. The fourth-order valence-corrected chi connectivity index (χ4v) is 19.3. The van der Waals surface area contributed by atoms with Gasteiger partial charge in [0.1, 0.15) is 13.2 Å². The van der Waals surface area contributed by atoms with Crippen molar-refractivity contribution in [3.63, 3.8) is 0 Å². The van der Waals surface area contributed by atoms with Crippen LogP contribution in [-0.4, -0.2) is 165 Å². The van der Waals surface area contributed by atoms with Crippen molar-refractivity contribution in [1.29, 1.82) is 0 Å². The number of anilines is 5. The van der Waals surface area contributed by atoms with Crippen LogP contribution in [0.15, 0.2) is 261 Å². The molecule has 0 bridgehead atoms. The van der Waals surface area contributed by atoms with Crippen LogP contribution in [0.1, 0.15) is 90.0 Å². The number of para-hydroxylation sites is 2. The first kappa shape index (κ1) is 96.1. The highest BCUT2D eigenvalue weighted by molar-refractivity contribution is 6.39. The van der Waals surface area contributed by atoms with Gasteiger partial charge in [-0.2, -0.15) is 0 Å². The van der Waals surface area contributed by atoms with Gasteiger partial charge in [-0.1, -0.05) is 218 Å². The molecule has 12 aromatic carbocycles. The summed E-state index contributed by atoms with van der Waals surface area (Å²) in [5.74, 6) is 1.78. The molecule has 0 radical (unpaired) electrons. The van der Waals surface area contributed by atoms with Crippen LogP contribution in [0, 0.1) is 0 Å². The summed E-state index contributed by atoms with van der Waals surface area (Å²) < 4.78 is 22.5. The molecule has 5 amide bonds. The maximum absolute atomic E-state index is 13.4. The summed E-state index contributed by atoms with van der Waals surface area (Å²) in [6.45, 7) is 7.67. The number of hydrogen-bond acceptors (Lipinski definition) is 15. The SMILES string of the molecule is CC(=O)Nc1ccc(C(=O)N2CCN(c3ccc(Cl)cc3Cl)C(c3ccc(Cl)cc3)C2)cc1.O=C(C1COc2ccccc2O1)N1CCN(c2ccc(Cl)cc2Cl)C(c2ccc(Cl)cc2)C1.O=C(CO)c1cccc(C(=O)N2CCN(c3ccc(Cl)cc3Cl)C(c3ccc(Cl)cc3)C2)c1.O=C(Cc1ccc2c(c1)OCO2)N1CCN(c2ccc(Cl)cc2Cl)C(c2ccc(Cl)cc2)C1. The van der Waals surface area contributed by atoms with Crippen LogP contribution in [0.3, 0.4) is 0 Å². The van der Waals surface area contributed by atoms with Gasteiger partial charge in [-0.05, 0) is 210 Å². The summed E-state index contributed by atoms with van der Waals surface area (Å²) in [7, 11) is 0. The van der Waals surface area contributed by atoms with E-state index >= 15 is 0 Å². The van der Waals surface area contributed by atoms with Crippen LogP contribution >= 0.6 is 139 Å². The van der Waals surface area contributed by atoms with Crippen LogP contribution in [-0.2, 0) is 20.8 Å². The van der Waals surface area contributed by atoms with E-state index in [1.165, 1.54) is 13.0 Å². The van der Waals surface area contributed by atoms with Gasteiger partial charge in [-0.25, -0.2) is 0 Å². The summed E-state index contributed by atoms with van der Waals surface area (Å²) >= 11 is 75.0. The molecular weight excluding hydrogens is 1930 g/mol. The molecule has 12 aromatic rings. The quantitative estimate of drug-likeness (QED) is 0.0866. The molecule has 0 aromatic heterocycles. The molecule has 5 unspecified atom stereocenters. The van der Waals surface area contributed by atoms with Crippen LogP contribution in [0.4, 0.5) is 28.4 Å². The normalized spacial score (nSPS) is 17.3. The van der Waals surface area contributed by atoms with E-state index in [1.54, 1.807) is 77.7 Å². The average Bonchev–Trinajstić information content (AvgIpc) is 1.02. The monoisotopic (exact) mass is 2010 g/mol. The molecule has 6 heterocycles. The lowest BCUT2D eigenvalue weighted by Gasteiger charge is -2.44. The Labute approximate surface area is 824 Å². The van der Waals surface area contributed by atoms with Crippen molar-refractivity contribution in [3.05, 3.63) is 366 Å². The maximum Gasteiger partial charge on any atom is 0.267 e. The van der Waals surface area contributed by atoms with Gasteiger partial charge < -0.3 is 68.6 Å². The molecule has 32 heteroatoms. The number of piperazine rings is 4.